The predicted molar refractivity (Wildman–Crippen MR) is 76.2 cm³/mol. The lowest BCUT2D eigenvalue weighted by molar-refractivity contribution is -0.115. The molecule has 0 bridgehead atoms. The van der Waals surface area contributed by atoms with Crippen molar-refractivity contribution in [2.45, 2.75) is 72.1 Å². The number of unbranched alkanes of at least 4 members (excludes halogenated alkanes) is 4. The highest BCUT2D eigenvalue weighted by Gasteiger charge is 2.04. The van der Waals surface area contributed by atoms with Gasteiger partial charge in [0.15, 0.2) is 5.78 Å². The molecule has 0 atom stereocenters. The Labute approximate surface area is 107 Å². The Morgan fingerprint density at radius 3 is 2.12 bits per heavy atom. The molecule has 0 aromatic carbocycles. The molecule has 0 N–H and O–H groups in total. The van der Waals surface area contributed by atoms with Crippen molar-refractivity contribution in [2.24, 2.45) is 0 Å². The number of allylic oxidation sites excluding steroid dienone is 4. The summed E-state index contributed by atoms with van der Waals surface area (Å²) >= 11 is 0. The van der Waals surface area contributed by atoms with Crippen LogP contribution in [0.15, 0.2) is 23.8 Å². The van der Waals surface area contributed by atoms with Gasteiger partial charge in [0.05, 0.1) is 0 Å². The highest BCUT2D eigenvalue weighted by Crippen LogP contribution is 2.11. The van der Waals surface area contributed by atoms with Crippen LogP contribution in [0.5, 0.6) is 0 Å². The topological polar surface area (TPSA) is 17.1 Å². The fourth-order valence-corrected chi connectivity index (χ4v) is 1.70. The smallest absolute Gasteiger partial charge is 0.162 e. The second-order valence-corrected chi connectivity index (χ2v) is 4.48. The number of ketones is 1. The molecule has 98 valence electrons. The molecular formula is C16H28O. The molecule has 0 saturated carbocycles. The molecule has 1 heteroatoms. The van der Waals surface area contributed by atoms with Gasteiger partial charge < -0.3 is 0 Å². The van der Waals surface area contributed by atoms with Gasteiger partial charge in [0.1, 0.15) is 0 Å². The highest BCUT2D eigenvalue weighted by atomic mass is 16.1. The predicted octanol–water partition coefficient (Wildman–Crippen LogP) is 5.22. The molecule has 0 aliphatic heterocycles. The molecule has 0 saturated heterocycles. The summed E-state index contributed by atoms with van der Waals surface area (Å²) in [4.78, 5) is 11.0. The van der Waals surface area contributed by atoms with Crippen LogP contribution in [0.1, 0.15) is 72.1 Å². The van der Waals surface area contributed by atoms with E-state index in [-0.39, 0.29) is 5.78 Å². The van der Waals surface area contributed by atoms with E-state index in [0.29, 0.717) is 6.42 Å². The molecule has 1 aliphatic rings. The highest BCUT2D eigenvalue weighted by molar-refractivity contribution is 5.97. The van der Waals surface area contributed by atoms with Gasteiger partial charge in [0.2, 0.25) is 0 Å². The van der Waals surface area contributed by atoms with Crippen molar-refractivity contribution < 1.29 is 4.79 Å². The maximum absolute atomic E-state index is 11.0. The van der Waals surface area contributed by atoms with Crippen LogP contribution in [0.2, 0.25) is 0 Å². The molecule has 17 heavy (non-hydrogen) atoms. The van der Waals surface area contributed by atoms with Crippen molar-refractivity contribution >= 4 is 5.78 Å². The molecule has 0 unspecified atom stereocenters. The number of hydrogen-bond donors (Lipinski definition) is 0. The molecule has 1 nitrogen and oxygen atoms in total. The fraction of sp³-hybridized carbons (Fsp3) is 0.688. The first-order valence-electron chi connectivity index (χ1n) is 7.16. The average Bonchev–Trinajstić information content (AvgIpc) is 2.40. The second-order valence-electron chi connectivity index (χ2n) is 4.48. The van der Waals surface area contributed by atoms with Crippen LogP contribution in [0.3, 0.4) is 0 Å². The third kappa shape index (κ3) is 8.91. The van der Waals surface area contributed by atoms with E-state index in [1.807, 2.05) is 19.1 Å². The third-order valence-corrected chi connectivity index (χ3v) is 2.85. The van der Waals surface area contributed by atoms with Crippen LogP contribution in [0, 0.1) is 0 Å². The molecule has 0 radical (unpaired) electrons. The maximum atomic E-state index is 11.0. The minimum atomic E-state index is 0.260. The van der Waals surface area contributed by atoms with Crippen LogP contribution < -0.4 is 0 Å². The molecule has 0 aromatic heterocycles. The zero-order chi connectivity index (χ0) is 12.9. The van der Waals surface area contributed by atoms with Crippen LogP contribution in [0.4, 0.5) is 0 Å². The van der Waals surface area contributed by atoms with Crippen LogP contribution in [-0.2, 0) is 4.79 Å². The maximum Gasteiger partial charge on any atom is 0.162 e. The van der Waals surface area contributed by atoms with Gasteiger partial charge in [-0.25, -0.2) is 0 Å². The van der Waals surface area contributed by atoms with Gasteiger partial charge in [0, 0.05) is 12.0 Å². The molecule has 0 fully saturated rings. The van der Waals surface area contributed by atoms with E-state index >= 15 is 0 Å². The lowest BCUT2D eigenvalue weighted by atomic mass is 10.0. The van der Waals surface area contributed by atoms with Gasteiger partial charge >= 0.3 is 0 Å². The van der Waals surface area contributed by atoms with E-state index in [1.54, 1.807) is 0 Å². The molecule has 1 rings (SSSR count). The zero-order valence-electron chi connectivity index (χ0n) is 11.8. The Morgan fingerprint density at radius 2 is 1.71 bits per heavy atom. The molecule has 0 amide bonds. The van der Waals surface area contributed by atoms with E-state index in [2.05, 4.69) is 19.9 Å². The first-order valence-corrected chi connectivity index (χ1v) is 7.16. The van der Waals surface area contributed by atoms with Crippen LogP contribution >= 0.6 is 0 Å². The Bertz CT molecular complexity index is 244. The fourth-order valence-electron chi connectivity index (χ4n) is 1.70. The van der Waals surface area contributed by atoms with Crippen molar-refractivity contribution in [1.82, 2.24) is 0 Å². The Balaban J connectivity index is 0.000000325. The summed E-state index contributed by atoms with van der Waals surface area (Å²) < 4.78 is 0. The van der Waals surface area contributed by atoms with Gasteiger partial charge in [-0.2, -0.15) is 0 Å². The van der Waals surface area contributed by atoms with Crippen molar-refractivity contribution in [2.75, 3.05) is 0 Å². The average molecular weight is 236 g/mol. The monoisotopic (exact) mass is 236 g/mol. The number of hydrogen-bond acceptors (Lipinski definition) is 1. The number of carbonyl (C=O) groups excluding carboxylic acids is 1. The summed E-state index contributed by atoms with van der Waals surface area (Å²) in [6.07, 6.45) is 15.7. The number of rotatable bonds is 6. The van der Waals surface area contributed by atoms with E-state index in [4.69, 9.17) is 0 Å². The molecule has 1 aliphatic carbocycles. The Hall–Kier alpha value is -0.850. The van der Waals surface area contributed by atoms with E-state index < -0.39 is 0 Å². The van der Waals surface area contributed by atoms with Gasteiger partial charge in [-0.15, -0.1) is 0 Å². The van der Waals surface area contributed by atoms with Gasteiger partial charge in [-0.3, -0.25) is 4.79 Å². The van der Waals surface area contributed by atoms with E-state index in [9.17, 15) is 4.79 Å². The Kier molecular flexibility index (Phi) is 11.0. The Morgan fingerprint density at radius 1 is 1.06 bits per heavy atom. The third-order valence-electron chi connectivity index (χ3n) is 2.85. The standard InChI is InChI=1S/C9H12O.C7H16/c1-2-9(10)8-6-4-3-5-7-8;1-3-5-7-6-4-2/h4,6-7H,2-3,5H2,1H3;3-7H2,1-2H3. The normalized spacial score (nSPS) is 13.7. The summed E-state index contributed by atoms with van der Waals surface area (Å²) in [5.74, 6) is 0.260. The number of Topliss-reactive ketones (excluding diaryl/α,β-unsaturated/α-hetero) is 1. The van der Waals surface area contributed by atoms with Gasteiger partial charge in [0.25, 0.3) is 0 Å². The molecule has 0 heterocycles. The summed E-state index contributed by atoms with van der Waals surface area (Å²) in [5.41, 5.74) is 0.897. The second kappa shape index (κ2) is 11.6. The molecule has 0 spiro atoms. The zero-order valence-corrected chi connectivity index (χ0v) is 11.8. The summed E-state index contributed by atoms with van der Waals surface area (Å²) in [6.45, 7) is 6.39. The van der Waals surface area contributed by atoms with E-state index in [0.717, 1.165) is 18.4 Å². The lowest BCUT2D eigenvalue weighted by Crippen LogP contribution is -1.99. The van der Waals surface area contributed by atoms with Crippen LogP contribution in [0.25, 0.3) is 0 Å². The lowest BCUT2D eigenvalue weighted by Gasteiger charge is -2.02. The van der Waals surface area contributed by atoms with Crippen molar-refractivity contribution in [3.8, 4) is 0 Å². The van der Waals surface area contributed by atoms with Gasteiger partial charge in [-0.1, -0.05) is 71.1 Å². The summed E-state index contributed by atoms with van der Waals surface area (Å²) in [7, 11) is 0. The SMILES string of the molecule is CCC(=O)C1=CCCC=C1.CCCCCCC. The first kappa shape index (κ1) is 16.1. The van der Waals surface area contributed by atoms with E-state index in [1.165, 1.54) is 32.1 Å². The minimum Gasteiger partial charge on any atom is -0.294 e. The molecule has 0 aromatic rings. The molecular weight excluding hydrogens is 208 g/mol. The van der Waals surface area contributed by atoms with Crippen molar-refractivity contribution in [3.63, 3.8) is 0 Å². The largest absolute Gasteiger partial charge is 0.294 e. The van der Waals surface area contributed by atoms with Gasteiger partial charge in [-0.05, 0) is 12.8 Å². The van der Waals surface area contributed by atoms with Crippen molar-refractivity contribution in [3.05, 3.63) is 23.8 Å². The first-order chi connectivity index (χ1) is 8.26. The van der Waals surface area contributed by atoms with Crippen molar-refractivity contribution in [1.29, 1.82) is 0 Å². The number of carbonyl (C=O) groups is 1. The van der Waals surface area contributed by atoms with Crippen LogP contribution in [-0.4, -0.2) is 5.78 Å². The minimum absolute atomic E-state index is 0.260. The quantitative estimate of drug-likeness (QED) is 0.578. The summed E-state index contributed by atoms with van der Waals surface area (Å²) in [5, 5.41) is 0. The summed E-state index contributed by atoms with van der Waals surface area (Å²) in [6, 6.07) is 0.